The summed E-state index contributed by atoms with van der Waals surface area (Å²) < 4.78 is 13.1. The number of aromatic nitrogens is 2. The van der Waals surface area contributed by atoms with Crippen molar-refractivity contribution in [1.82, 2.24) is 30.4 Å². The molecule has 0 radical (unpaired) electrons. The minimum absolute atomic E-state index is 0.143. The fourth-order valence-electron chi connectivity index (χ4n) is 8.41. The van der Waals surface area contributed by atoms with Gasteiger partial charge in [0.1, 0.15) is 11.3 Å². The number of piperidine rings is 1. The first kappa shape index (κ1) is 43.6. The highest BCUT2D eigenvalue weighted by atomic mass is 35.5. The number of fused-ring (bicyclic) bond motifs is 2. The predicted octanol–water partition coefficient (Wildman–Crippen LogP) is 7.53. The minimum atomic E-state index is -2.75. The molecule has 2 aromatic heterocycles. The van der Waals surface area contributed by atoms with Crippen LogP contribution in [0.3, 0.4) is 0 Å². The number of ether oxygens (including phenoxy) is 1. The molecule has 60 heavy (non-hydrogen) atoms. The fourth-order valence-corrected chi connectivity index (χ4v) is 14.3. The van der Waals surface area contributed by atoms with Crippen LogP contribution in [0.1, 0.15) is 92.7 Å². The largest absolute Gasteiger partial charge is 0.444 e. The number of thiazole rings is 1. The molecule has 0 spiro atoms. The molecule has 14 heteroatoms. The molecule has 5 aromatic rings. The highest BCUT2D eigenvalue weighted by Gasteiger charge is 2.51. The molecule has 2 unspecified atom stereocenters. The molecule has 1 fully saturated rings. The lowest BCUT2D eigenvalue weighted by molar-refractivity contribution is 0.0161. The Morgan fingerprint density at radius 1 is 0.867 bits per heavy atom. The zero-order valence-electron chi connectivity index (χ0n) is 35.9. The van der Waals surface area contributed by atoms with Crippen LogP contribution in [0, 0.1) is 0 Å². The zero-order valence-corrected chi connectivity index (χ0v) is 38.4. The third-order valence-corrected chi connectivity index (χ3v) is 17.9. The van der Waals surface area contributed by atoms with Gasteiger partial charge in [-0.05, 0) is 80.7 Å². The van der Waals surface area contributed by atoms with Gasteiger partial charge in [-0.3, -0.25) is 14.5 Å². The van der Waals surface area contributed by atoms with Crippen molar-refractivity contribution in [3.8, 4) is 0 Å². The van der Waals surface area contributed by atoms with Gasteiger partial charge >= 0.3 is 6.09 Å². The van der Waals surface area contributed by atoms with Crippen molar-refractivity contribution >= 4 is 70.4 Å². The molecule has 318 valence electrons. The van der Waals surface area contributed by atoms with E-state index in [1.807, 2.05) is 26.8 Å². The highest BCUT2D eigenvalue weighted by molar-refractivity contribution is 7.13. The van der Waals surface area contributed by atoms with Crippen LogP contribution in [0.5, 0.6) is 0 Å². The molecule has 0 aliphatic carbocycles. The first-order valence-electron chi connectivity index (χ1n) is 20.7. The molecule has 3 amide bonds. The van der Waals surface area contributed by atoms with Crippen LogP contribution < -0.4 is 21.0 Å². The average molecular weight is 870 g/mol. The van der Waals surface area contributed by atoms with Crippen LogP contribution in [0.2, 0.25) is 10.1 Å². The second-order valence-electron chi connectivity index (χ2n) is 18.6. The number of aromatic amines is 1. The zero-order chi connectivity index (χ0) is 43.0. The van der Waals surface area contributed by atoms with E-state index in [9.17, 15) is 14.4 Å². The average Bonchev–Trinajstić information content (AvgIpc) is 3.83. The number of likely N-dealkylation sites (tertiary alicyclic amines) is 1. The molecule has 11 nitrogen and oxygen atoms in total. The van der Waals surface area contributed by atoms with E-state index in [4.69, 9.17) is 25.7 Å². The first-order valence-corrected chi connectivity index (χ1v) is 23.8. The lowest BCUT2D eigenvalue weighted by atomic mass is 9.99. The fraction of sp³-hybridized carbons (Fsp3) is 0.435. The van der Waals surface area contributed by atoms with Crippen LogP contribution >= 0.6 is 22.9 Å². The molecule has 3 N–H and O–H groups in total. The van der Waals surface area contributed by atoms with E-state index in [1.54, 1.807) is 23.1 Å². The number of hydrogen-bond donors (Lipinski definition) is 3. The monoisotopic (exact) mass is 868 g/mol. The van der Waals surface area contributed by atoms with Crippen LogP contribution in [-0.4, -0.2) is 95.5 Å². The SMILES string of the molecule is CC(C)(C)OC(=O)N1CCC(NC(=O)c2cc3cc(Cl)ccc3[nH]2)C(NC(=O)c2nc3c(s2)CN(C(C)(C)CO[Si](c2ccccc2)(c2ccccc2)C(C)(C)C)CC3)C1. The van der Waals surface area contributed by atoms with E-state index in [1.165, 1.54) is 21.7 Å². The first-order chi connectivity index (χ1) is 28.3. The lowest BCUT2D eigenvalue weighted by Gasteiger charge is -2.47. The number of halogens is 1. The van der Waals surface area contributed by atoms with Gasteiger partial charge in [-0.25, -0.2) is 9.78 Å². The molecule has 2 aliphatic heterocycles. The summed E-state index contributed by atoms with van der Waals surface area (Å²) in [5, 5.41) is 10.4. The van der Waals surface area contributed by atoms with E-state index in [0.717, 1.165) is 28.0 Å². The Balaban J connectivity index is 1.07. The van der Waals surface area contributed by atoms with Gasteiger partial charge in [-0.1, -0.05) is 93.0 Å². The van der Waals surface area contributed by atoms with E-state index < -0.39 is 32.1 Å². The summed E-state index contributed by atoms with van der Waals surface area (Å²) in [5.41, 5.74) is 1.08. The van der Waals surface area contributed by atoms with Gasteiger partial charge in [-0.15, -0.1) is 11.3 Å². The second-order valence-corrected chi connectivity index (χ2v) is 24.4. The summed E-state index contributed by atoms with van der Waals surface area (Å²) >= 11 is 7.59. The third-order valence-electron chi connectivity index (χ3n) is 11.6. The summed E-state index contributed by atoms with van der Waals surface area (Å²) in [6, 6.07) is 27.5. The van der Waals surface area contributed by atoms with Crippen LogP contribution in [0.15, 0.2) is 84.9 Å². The summed E-state index contributed by atoms with van der Waals surface area (Å²) in [5.74, 6) is -0.658. The van der Waals surface area contributed by atoms with Crippen LogP contribution in [-0.2, 0) is 22.1 Å². The highest BCUT2D eigenvalue weighted by Crippen LogP contribution is 2.38. The normalized spacial score (nSPS) is 17.9. The Morgan fingerprint density at radius 2 is 1.52 bits per heavy atom. The summed E-state index contributed by atoms with van der Waals surface area (Å²) in [4.78, 5) is 54.0. The molecule has 0 bridgehead atoms. The Hall–Kier alpha value is -4.53. The standard InChI is InChI=1S/C46H57ClN6O5SSi/c1-44(2,3)58-43(56)52-23-21-35(49-40(54)37-26-30-25-31(47)19-20-34(30)48-37)38(27-52)50-41(55)42-51-36-22-24-53(28-39(36)59-42)46(7,8)29-57-60(45(4,5)6,32-15-11-9-12-16-32)33-17-13-10-14-18-33/h9-20,25-26,35,38,48H,21-24,27-29H2,1-8H3,(H,49,54)(H,50,55). The summed E-state index contributed by atoms with van der Waals surface area (Å²) in [7, 11) is -2.75. The summed E-state index contributed by atoms with van der Waals surface area (Å²) in [6.07, 6.45) is 0.646. The van der Waals surface area contributed by atoms with E-state index in [0.29, 0.717) is 48.3 Å². The van der Waals surface area contributed by atoms with E-state index in [-0.39, 0.29) is 28.9 Å². The molecule has 4 heterocycles. The van der Waals surface area contributed by atoms with Crippen LogP contribution in [0.25, 0.3) is 10.9 Å². The van der Waals surface area contributed by atoms with Crippen molar-refractivity contribution in [2.75, 3.05) is 26.2 Å². The molecule has 3 aromatic carbocycles. The van der Waals surface area contributed by atoms with E-state index in [2.05, 4.69) is 116 Å². The Labute approximate surface area is 363 Å². The second kappa shape index (κ2) is 17.1. The van der Waals surface area contributed by atoms with Gasteiger partial charge < -0.3 is 29.7 Å². The van der Waals surface area contributed by atoms with Gasteiger partial charge in [0.15, 0.2) is 5.01 Å². The summed E-state index contributed by atoms with van der Waals surface area (Å²) in [6.45, 7) is 19.3. The van der Waals surface area contributed by atoms with Crippen molar-refractivity contribution in [2.45, 2.75) is 103 Å². The van der Waals surface area contributed by atoms with Crippen molar-refractivity contribution in [2.24, 2.45) is 0 Å². The molecule has 0 saturated carbocycles. The number of carbonyl (C=O) groups is 3. The van der Waals surface area contributed by atoms with Crippen molar-refractivity contribution < 1.29 is 23.5 Å². The quantitative estimate of drug-likeness (QED) is 0.124. The van der Waals surface area contributed by atoms with Gasteiger partial charge in [0, 0.05) is 58.9 Å². The van der Waals surface area contributed by atoms with Crippen molar-refractivity contribution in [3.05, 3.63) is 111 Å². The number of amides is 3. The number of rotatable bonds is 10. The van der Waals surface area contributed by atoms with Gasteiger partial charge in [0.2, 0.25) is 0 Å². The number of carbonyl (C=O) groups excluding carboxylic acids is 3. The Bertz CT molecular complexity index is 2300. The smallest absolute Gasteiger partial charge is 0.410 e. The lowest BCUT2D eigenvalue weighted by Crippen LogP contribution is -2.68. The molecule has 1 saturated heterocycles. The van der Waals surface area contributed by atoms with Gasteiger partial charge in [0.05, 0.1) is 24.4 Å². The Morgan fingerprint density at radius 3 is 2.15 bits per heavy atom. The van der Waals surface area contributed by atoms with Crippen molar-refractivity contribution in [3.63, 3.8) is 0 Å². The topological polar surface area (TPSA) is 129 Å². The minimum Gasteiger partial charge on any atom is -0.444 e. The molecule has 7 rings (SSSR count). The maximum atomic E-state index is 14.1. The number of nitrogens with one attached hydrogen (secondary N) is 3. The van der Waals surface area contributed by atoms with Crippen molar-refractivity contribution in [1.29, 1.82) is 0 Å². The molecule has 2 aliphatic rings. The maximum absolute atomic E-state index is 14.1. The van der Waals surface area contributed by atoms with Gasteiger partial charge in [0.25, 0.3) is 20.1 Å². The third kappa shape index (κ3) is 9.35. The number of benzene rings is 3. The van der Waals surface area contributed by atoms with Gasteiger partial charge in [-0.2, -0.15) is 0 Å². The molecular formula is C46H57ClN6O5SSi. The van der Waals surface area contributed by atoms with E-state index >= 15 is 0 Å². The maximum Gasteiger partial charge on any atom is 0.410 e. The number of nitrogens with zero attached hydrogens (tertiary/aromatic N) is 3. The molecule has 2 atom stereocenters. The number of H-pyrrole nitrogens is 1. The van der Waals surface area contributed by atoms with Crippen LogP contribution in [0.4, 0.5) is 4.79 Å². The predicted molar refractivity (Wildman–Crippen MR) is 242 cm³/mol. The number of hydrogen-bond acceptors (Lipinski definition) is 8. The Kier molecular flexibility index (Phi) is 12.4. The molecular weight excluding hydrogens is 812 g/mol.